The number of hydrogen-bond donors (Lipinski definition) is 0. The van der Waals surface area contributed by atoms with Crippen molar-refractivity contribution in [3.05, 3.63) is 23.8 Å². The van der Waals surface area contributed by atoms with E-state index in [1.165, 1.54) is 37.2 Å². The first-order valence-electron chi connectivity index (χ1n) is 7.08. The fourth-order valence-corrected chi connectivity index (χ4v) is 2.75. The summed E-state index contributed by atoms with van der Waals surface area (Å²) in [7, 11) is 1.76. The molecule has 0 bridgehead atoms. The van der Waals surface area contributed by atoms with Crippen LogP contribution in [0.15, 0.2) is 18.2 Å². The Labute approximate surface area is 111 Å². The summed E-state index contributed by atoms with van der Waals surface area (Å²) in [5, 5.41) is 0. The fourth-order valence-electron chi connectivity index (χ4n) is 2.75. The van der Waals surface area contributed by atoms with Crippen molar-refractivity contribution in [3.8, 4) is 5.75 Å². The summed E-state index contributed by atoms with van der Waals surface area (Å²) >= 11 is 0. The number of ether oxygens (including phenoxy) is 1. The van der Waals surface area contributed by atoms with E-state index in [9.17, 15) is 0 Å². The summed E-state index contributed by atoms with van der Waals surface area (Å²) in [4.78, 5) is 2.45. The number of hydrogen-bond acceptors (Lipinski definition) is 2. The molecule has 1 aromatic rings. The van der Waals surface area contributed by atoms with Gasteiger partial charge in [-0.2, -0.15) is 0 Å². The molecular weight excluding hydrogens is 222 g/mol. The minimum absolute atomic E-state index is 0.512. The molecule has 0 amide bonds. The van der Waals surface area contributed by atoms with Crippen LogP contribution in [-0.4, -0.2) is 20.2 Å². The molecule has 100 valence electrons. The smallest absolute Gasteiger partial charge is 0.124 e. The molecule has 18 heavy (non-hydrogen) atoms. The first-order chi connectivity index (χ1) is 8.65. The molecule has 2 heteroatoms. The largest absolute Gasteiger partial charge is 0.496 e. The predicted octanol–water partition coefficient (Wildman–Crippen LogP) is 4.05. The van der Waals surface area contributed by atoms with Crippen LogP contribution in [-0.2, 0) is 0 Å². The summed E-state index contributed by atoms with van der Waals surface area (Å²) in [6.45, 7) is 9.09. The van der Waals surface area contributed by atoms with Crippen molar-refractivity contribution in [1.29, 1.82) is 0 Å². The Kier molecular flexibility index (Phi) is 4.15. The minimum Gasteiger partial charge on any atom is -0.496 e. The van der Waals surface area contributed by atoms with Crippen LogP contribution in [0.4, 0.5) is 5.69 Å². The van der Waals surface area contributed by atoms with Gasteiger partial charge < -0.3 is 9.64 Å². The highest BCUT2D eigenvalue weighted by molar-refractivity contribution is 5.56. The molecule has 1 aromatic carbocycles. The molecule has 0 spiro atoms. The van der Waals surface area contributed by atoms with Crippen LogP contribution >= 0.6 is 0 Å². The van der Waals surface area contributed by atoms with Crippen molar-refractivity contribution in [3.63, 3.8) is 0 Å². The summed E-state index contributed by atoms with van der Waals surface area (Å²) in [5.74, 6) is 2.44. The molecule has 0 atom stereocenters. The van der Waals surface area contributed by atoms with E-state index in [0.29, 0.717) is 5.92 Å². The normalized spacial score (nSPS) is 15.9. The van der Waals surface area contributed by atoms with E-state index in [-0.39, 0.29) is 0 Å². The molecule has 2 rings (SSSR count). The highest BCUT2D eigenvalue weighted by atomic mass is 16.5. The van der Waals surface area contributed by atoms with Gasteiger partial charge in [0.2, 0.25) is 0 Å². The molecule has 2 nitrogen and oxygen atoms in total. The number of benzene rings is 1. The molecule has 1 saturated heterocycles. The molecule has 1 aliphatic heterocycles. The van der Waals surface area contributed by atoms with Crippen LogP contribution in [0.3, 0.4) is 0 Å². The monoisotopic (exact) mass is 247 g/mol. The molecule has 0 unspecified atom stereocenters. The van der Waals surface area contributed by atoms with E-state index in [1.54, 1.807) is 7.11 Å². The van der Waals surface area contributed by atoms with Crippen molar-refractivity contribution in [2.75, 3.05) is 25.1 Å². The number of nitrogens with zero attached hydrogens (tertiary/aromatic N) is 1. The van der Waals surface area contributed by atoms with Gasteiger partial charge in [0.05, 0.1) is 7.11 Å². The van der Waals surface area contributed by atoms with E-state index in [4.69, 9.17) is 4.74 Å². The van der Waals surface area contributed by atoms with Crippen LogP contribution < -0.4 is 9.64 Å². The van der Waals surface area contributed by atoms with Gasteiger partial charge in [0.15, 0.2) is 0 Å². The Morgan fingerprint density at radius 1 is 1.33 bits per heavy atom. The van der Waals surface area contributed by atoms with Crippen molar-refractivity contribution in [1.82, 2.24) is 0 Å². The zero-order valence-electron chi connectivity index (χ0n) is 12.1. The molecule has 1 fully saturated rings. The van der Waals surface area contributed by atoms with E-state index in [2.05, 4.69) is 43.9 Å². The van der Waals surface area contributed by atoms with E-state index in [1.807, 2.05) is 0 Å². The lowest BCUT2D eigenvalue weighted by Crippen LogP contribution is -2.46. The number of anilines is 1. The maximum absolute atomic E-state index is 5.51. The number of rotatable bonds is 5. The van der Waals surface area contributed by atoms with Crippen LogP contribution in [0.2, 0.25) is 0 Å². The van der Waals surface area contributed by atoms with E-state index < -0.39 is 0 Å². The van der Waals surface area contributed by atoms with Crippen LogP contribution in [0, 0.1) is 5.92 Å². The van der Waals surface area contributed by atoms with Crippen molar-refractivity contribution >= 4 is 5.69 Å². The topological polar surface area (TPSA) is 12.5 Å². The summed E-state index contributed by atoms with van der Waals surface area (Å²) in [6.07, 6.45) is 2.66. The fraction of sp³-hybridized carbons (Fsp3) is 0.625. The Bertz CT molecular complexity index is 394. The second-order valence-electron chi connectivity index (χ2n) is 5.64. The Morgan fingerprint density at radius 3 is 2.61 bits per heavy atom. The maximum Gasteiger partial charge on any atom is 0.124 e. The summed E-state index contributed by atoms with van der Waals surface area (Å²) < 4.78 is 5.51. The third-order valence-corrected chi connectivity index (χ3v) is 3.86. The zero-order chi connectivity index (χ0) is 13.1. The first-order valence-corrected chi connectivity index (χ1v) is 7.08. The van der Waals surface area contributed by atoms with Gasteiger partial charge in [-0.05, 0) is 29.9 Å². The average molecular weight is 247 g/mol. The zero-order valence-corrected chi connectivity index (χ0v) is 12.1. The van der Waals surface area contributed by atoms with E-state index in [0.717, 1.165) is 11.7 Å². The summed E-state index contributed by atoms with van der Waals surface area (Å²) in [5.41, 5.74) is 2.61. The van der Waals surface area contributed by atoms with Gasteiger partial charge in [-0.3, -0.25) is 0 Å². The molecular formula is C16H25NO. The van der Waals surface area contributed by atoms with Gasteiger partial charge >= 0.3 is 0 Å². The third-order valence-electron chi connectivity index (χ3n) is 3.86. The van der Waals surface area contributed by atoms with Gasteiger partial charge in [-0.25, -0.2) is 0 Å². The average Bonchev–Trinajstić information content (AvgIpc) is 2.32. The van der Waals surface area contributed by atoms with Crippen LogP contribution in [0.5, 0.6) is 5.75 Å². The Morgan fingerprint density at radius 2 is 2.06 bits per heavy atom. The standard InChI is InChI=1S/C16H25NO/c1-5-6-13-10-17(11-13)14-7-8-15(12(2)3)16(9-14)18-4/h7-9,12-13H,5-6,10-11H2,1-4H3. The quantitative estimate of drug-likeness (QED) is 0.778. The van der Waals surface area contributed by atoms with Gasteiger partial charge in [0.25, 0.3) is 0 Å². The second kappa shape index (κ2) is 5.64. The van der Waals surface area contributed by atoms with Gasteiger partial charge in [0, 0.05) is 24.8 Å². The third kappa shape index (κ3) is 2.63. The lowest BCUT2D eigenvalue weighted by atomic mass is 9.93. The van der Waals surface area contributed by atoms with Crippen LogP contribution in [0.1, 0.15) is 45.1 Å². The molecule has 0 N–H and O–H groups in total. The maximum atomic E-state index is 5.51. The van der Waals surface area contributed by atoms with Gasteiger partial charge in [-0.15, -0.1) is 0 Å². The van der Waals surface area contributed by atoms with Gasteiger partial charge in [-0.1, -0.05) is 33.3 Å². The van der Waals surface area contributed by atoms with Gasteiger partial charge in [0.1, 0.15) is 5.75 Å². The Hall–Kier alpha value is -1.18. The molecule has 0 aliphatic carbocycles. The van der Waals surface area contributed by atoms with Crippen molar-refractivity contribution in [2.24, 2.45) is 5.92 Å². The minimum atomic E-state index is 0.512. The highest BCUT2D eigenvalue weighted by Crippen LogP contribution is 2.34. The number of methoxy groups -OCH3 is 1. The molecule has 1 aliphatic rings. The summed E-state index contributed by atoms with van der Waals surface area (Å²) in [6, 6.07) is 6.64. The first kappa shape index (κ1) is 13.3. The lowest BCUT2D eigenvalue weighted by molar-refractivity contribution is 0.378. The van der Waals surface area contributed by atoms with E-state index >= 15 is 0 Å². The van der Waals surface area contributed by atoms with Crippen molar-refractivity contribution < 1.29 is 4.74 Å². The molecule has 0 aromatic heterocycles. The molecule has 0 saturated carbocycles. The van der Waals surface area contributed by atoms with Crippen LogP contribution in [0.25, 0.3) is 0 Å². The highest BCUT2D eigenvalue weighted by Gasteiger charge is 2.26. The Balaban J connectivity index is 2.07. The predicted molar refractivity (Wildman–Crippen MR) is 77.7 cm³/mol. The molecule has 0 radical (unpaired) electrons. The molecule has 1 heterocycles. The lowest BCUT2D eigenvalue weighted by Gasteiger charge is -2.41. The SMILES string of the molecule is CCCC1CN(c2ccc(C(C)C)c(OC)c2)C1. The van der Waals surface area contributed by atoms with Crippen molar-refractivity contribution in [2.45, 2.75) is 39.5 Å². The second-order valence-corrected chi connectivity index (χ2v) is 5.64.